The quantitative estimate of drug-likeness (QED) is 0.509. The third-order valence-corrected chi connectivity index (χ3v) is 3.48. The molecule has 5 heteroatoms. The SMILES string of the molecule is CCOC(=O)/C(=C(\NC(C)=O)c1ccccc1)c1ccc(Cl)cc1. The molecule has 0 heterocycles. The second-order valence-electron chi connectivity index (χ2n) is 5.02. The van der Waals surface area contributed by atoms with Crippen molar-refractivity contribution in [2.45, 2.75) is 13.8 Å². The smallest absolute Gasteiger partial charge is 0.340 e. The summed E-state index contributed by atoms with van der Waals surface area (Å²) in [6, 6.07) is 16.0. The summed E-state index contributed by atoms with van der Waals surface area (Å²) in [5.74, 6) is -0.781. The van der Waals surface area contributed by atoms with Gasteiger partial charge in [-0.1, -0.05) is 54.1 Å². The molecule has 1 amide bonds. The van der Waals surface area contributed by atoms with Crippen LogP contribution in [0.15, 0.2) is 54.6 Å². The Balaban J connectivity index is 2.69. The Labute approximate surface area is 146 Å². The predicted molar refractivity (Wildman–Crippen MR) is 95.2 cm³/mol. The summed E-state index contributed by atoms with van der Waals surface area (Å²) < 4.78 is 5.19. The van der Waals surface area contributed by atoms with Gasteiger partial charge in [0.1, 0.15) is 0 Å². The molecule has 0 spiro atoms. The number of nitrogens with one attached hydrogen (secondary N) is 1. The van der Waals surface area contributed by atoms with Gasteiger partial charge in [-0.2, -0.15) is 0 Å². The van der Waals surface area contributed by atoms with Gasteiger partial charge in [-0.25, -0.2) is 4.79 Å². The van der Waals surface area contributed by atoms with Gasteiger partial charge in [0, 0.05) is 11.9 Å². The van der Waals surface area contributed by atoms with Crippen molar-refractivity contribution in [2.24, 2.45) is 0 Å². The highest BCUT2D eigenvalue weighted by molar-refractivity contribution is 6.31. The second-order valence-corrected chi connectivity index (χ2v) is 5.46. The number of carbonyl (C=O) groups is 2. The van der Waals surface area contributed by atoms with Crippen molar-refractivity contribution in [1.29, 1.82) is 0 Å². The minimum atomic E-state index is -0.507. The molecule has 0 unspecified atom stereocenters. The predicted octanol–water partition coefficient (Wildman–Crippen LogP) is 3.91. The lowest BCUT2D eigenvalue weighted by Crippen LogP contribution is -2.22. The zero-order valence-electron chi connectivity index (χ0n) is 13.5. The van der Waals surface area contributed by atoms with E-state index in [0.29, 0.717) is 21.8 Å². The standard InChI is InChI=1S/C19H18ClNO3/c1-3-24-19(23)17(14-9-11-16(20)12-10-14)18(21-13(2)22)15-7-5-4-6-8-15/h4-12H,3H2,1-2H3,(H,21,22)/b18-17-. The van der Waals surface area contributed by atoms with E-state index >= 15 is 0 Å². The lowest BCUT2D eigenvalue weighted by atomic mass is 9.99. The monoisotopic (exact) mass is 343 g/mol. The van der Waals surface area contributed by atoms with Gasteiger partial charge < -0.3 is 10.1 Å². The largest absolute Gasteiger partial charge is 0.462 e. The van der Waals surface area contributed by atoms with Gasteiger partial charge in [-0.15, -0.1) is 0 Å². The Bertz CT molecular complexity index is 752. The van der Waals surface area contributed by atoms with Crippen molar-refractivity contribution in [1.82, 2.24) is 5.32 Å². The fraction of sp³-hybridized carbons (Fsp3) is 0.158. The van der Waals surface area contributed by atoms with Crippen LogP contribution in [0.1, 0.15) is 25.0 Å². The zero-order chi connectivity index (χ0) is 17.5. The zero-order valence-corrected chi connectivity index (χ0v) is 14.3. The van der Waals surface area contributed by atoms with E-state index in [0.717, 1.165) is 0 Å². The van der Waals surface area contributed by atoms with E-state index in [-0.39, 0.29) is 18.1 Å². The van der Waals surface area contributed by atoms with Crippen molar-refractivity contribution in [3.63, 3.8) is 0 Å². The van der Waals surface area contributed by atoms with Gasteiger partial charge in [-0.05, 0) is 30.2 Å². The average Bonchev–Trinajstić information content (AvgIpc) is 2.57. The Morgan fingerprint density at radius 1 is 1.00 bits per heavy atom. The molecule has 2 aromatic rings. The number of halogens is 1. The van der Waals surface area contributed by atoms with Crippen LogP contribution in [0.2, 0.25) is 5.02 Å². The Morgan fingerprint density at radius 2 is 1.62 bits per heavy atom. The molecule has 1 N–H and O–H groups in total. The lowest BCUT2D eigenvalue weighted by Gasteiger charge is -2.16. The number of hydrogen-bond donors (Lipinski definition) is 1. The molecular formula is C19H18ClNO3. The average molecular weight is 344 g/mol. The van der Waals surface area contributed by atoms with Crippen LogP contribution in [-0.4, -0.2) is 18.5 Å². The number of rotatable bonds is 5. The Kier molecular flexibility index (Phi) is 6.15. The lowest BCUT2D eigenvalue weighted by molar-refractivity contribution is -0.136. The molecule has 2 rings (SSSR count). The highest BCUT2D eigenvalue weighted by Crippen LogP contribution is 2.27. The van der Waals surface area contributed by atoms with Crippen LogP contribution in [-0.2, 0) is 14.3 Å². The maximum Gasteiger partial charge on any atom is 0.340 e. The first-order valence-electron chi connectivity index (χ1n) is 7.53. The van der Waals surface area contributed by atoms with E-state index in [1.807, 2.05) is 30.3 Å². The van der Waals surface area contributed by atoms with E-state index < -0.39 is 5.97 Å². The fourth-order valence-corrected chi connectivity index (χ4v) is 2.37. The van der Waals surface area contributed by atoms with Crippen LogP contribution in [0.25, 0.3) is 11.3 Å². The van der Waals surface area contributed by atoms with E-state index in [9.17, 15) is 9.59 Å². The molecule has 0 aliphatic heterocycles. The van der Waals surface area contributed by atoms with Gasteiger partial charge in [0.25, 0.3) is 0 Å². The summed E-state index contributed by atoms with van der Waals surface area (Å²) >= 11 is 5.94. The number of carbonyl (C=O) groups excluding carboxylic acids is 2. The van der Waals surface area contributed by atoms with Crippen LogP contribution >= 0.6 is 11.6 Å². The summed E-state index contributed by atoms with van der Waals surface area (Å²) in [5.41, 5.74) is 2.02. The molecule has 0 aromatic heterocycles. The van der Waals surface area contributed by atoms with Crippen molar-refractivity contribution in [2.75, 3.05) is 6.61 Å². The minimum Gasteiger partial charge on any atom is -0.462 e. The van der Waals surface area contributed by atoms with Crippen LogP contribution in [0, 0.1) is 0 Å². The van der Waals surface area contributed by atoms with Gasteiger partial charge in [-0.3, -0.25) is 4.79 Å². The molecule has 124 valence electrons. The van der Waals surface area contributed by atoms with Crippen LogP contribution in [0.5, 0.6) is 0 Å². The topological polar surface area (TPSA) is 55.4 Å². The van der Waals surface area contributed by atoms with Gasteiger partial charge in [0.2, 0.25) is 5.91 Å². The second kappa shape index (κ2) is 8.31. The first-order chi connectivity index (χ1) is 11.5. The van der Waals surface area contributed by atoms with Crippen molar-refractivity contribution >= 4 is 34.7 Å². The molecule has 0 radical (unpaired) electrons. The molecule has 2 aromatic carbocycles. The molecule has 0 saturated carbocycles. The van der Waals surface area contributed by atoms with Crippen LogP contribution in [0.3, 0.4) is 0 Å². The summed E-state index contributed by atoms with van der Waals surface area (Å²) in [7, 11) is 0. The van der Waals surface area contributed by atoms with Crippen molar-refractivity contribution in [3.8, 4) is 0 Å². The minimum absolute atomic E-state index is 0.234. The van der Waals surface area contributed by atoms with E-state index in [1.165, 1.54) is 6.92 Å². The van der Waals surface area contributed by atoms with E-state index in [1.54, 1.807) is 31.2 Å². The third-order valence-electron chi connectivity index (χ3n) is 3.23. The first-order valence-corrected chi connectivity index (χ1v) is 7.91. The molecule has 0 saturated heterocycles. The highest BCUT2D eigenvalue weighted by Gasteiger charge is 2.21. The molecule has 0 aliphatic carbocycles. The van der Waals surface area contributed by atoms with Crippen LogP contribution < -0.4 is 5.32 Å². The maximum absolute atomic E-state index is 12.6. The summed E-state index contributed by atoms with van der Waals surface area (Å²) in [6.45, 7) is 3.36. The summed E-state index contributed by atoms with van der Waals surface area (Å²) in [5, 5.41) is 3.31. The number of benzene rings is 2. The molecule has 0 aliphatic rings. The van der Waals surface area contributed by atoms with Gasteiger partial charge >= 0.3 is 5.97 Å². The number of ether oxygens (including phenoxy) is 1. The van der Waals surface area contributed by atoms with Crippen LogP contribution in [0.4, 0.5) is 0 Å². The maximum atomic E-state index is 12.6. The van der Waals surface area contributed by atoms with Gasteiger partial charge in [0.05, 0.1) is 17.9 Å². The number of hydrogen-bond acceptors (Lipinski definition) is 3. The summed E-state index contributed by atoms with van der Waals surface area (Å²) in [4.78, 5) is 24.2. The van der Waals surface area contributed by atoms with Crippen molar-refractivity contribution < 1.29 is 14.3 Å². The number of esters is 1. The number of amides is 1. The third kappa shape index (κ3) is 4.46. The molecule has 0 atom stereocenters. The summed E-state index contributed by atoms with van der Waals surface area (Å²) in [6.07, 6.45) is 0. The van der Waals surface area contributed by atoms with Gasteiger partial charge in [0.15, 0.2) is 0 Å². The molecule has 4 nitrogen and oxygen atoms in total. The van der Waals surface area contributed by atoms with E-state index in [2.05, 4.69) is 5.32 Å². The van der Waals surface area contributed by atoms with E-state index in [4.69, 9.17) is 16.3 Å². The Hall–Kier alpha value is -2.59. The molecular weight excluding hydrogens is 326 g/mol. The van der Waals surface area contributed by atoms with Crippen molar-refractivity contribution in [3.05, 3.63) is 70.7 Å². The molecule has 0 fully saturated rings. The first kappa shape index (κ1) is 17.8. The highest BCUT2D eigenvalue weighted by atomic mass is 35.5. The molecule has 24 heavy (non-hydrogen) atoms. The Morgan fingerprint density at radius 3 is 2.17 bits per heavy atom. The normalized spacial score (nSPS) is 11.5. The fourth-order valence-electron chi connectivity index (χ4n) is 2.24. The molecule has 0 bridgehead atoms.